The number of methoxy groups -OCH3 is 1. The molecule has 35 heavy (non-hydrogen) atoms. The molecule has 1 fully saturated rings. The average molecular weight is 513 g/mol. The Morgan fingerprint density at radius 2 is 1.89 bits per heavy atom. The molecule has 1 saturated heterocycles. The van der Waals surface area contributed by atoms with E-state index in [2.05, 4.69) is 15.6 Å². The van der Waals surface area contributed by atoms with Crippen molar-refractivity contribution in [1.29, 1.82) is 0 Å². The molecule has 7 nitrogen and oxygen atoms in total. The molecule has 2 heterocycles. The van der Waals surface area contributed by atoms with Gasteiger partial charge >= 0.3 is 0 Å². The quantitative estimate of drug-likeness (QED) is 0.443. The highest BCUT2D eigenvalue weighted by atomic mass is 35.5. The molecule has 2 N–H and O–H groups in total. The fourth-order valence-electron chi connectivity index (χ4n) is 4.03. The van der Waals surface area contributed by atoms with Gasteiger partial charge in [0.2, 0.25) is 5.91 Å². The van der Waals surface area contributed by atoms with E-state index in [4.69, 9.17) is 28.6 Å². The summed E-state index contributed by atoms with van der Waals surface area (Å²) in [5.41, 5.74) is -0.0325. The molecule has 0 bridgehead atoms. The number of hydrogen-bond donors (Lipinski definition) is 2. The van der Waals surface area contributed by atoms with Crippen molar-refractivity contribution in [3.05, 3.63) is 88.8 Å². The third-order valence-electron chi connectivity index (χ3n) is 5.82. The van der Waals surface area contributed by atoms with E-state index in [0.29, 0.717) is 35.1 Å². The van der Waals surface area contributed by atoms with Crippen molar-refractivity contribution >= 4 is 46.6 Å². The van der Waals surface area contributed by atoms with Gasteiger partial charge in [0.1, 0.15) is 17.4 Å². The highest BCUT2D eigenvalue weighted by molar-refractivity contribution is 7.80. The number of carbonyl (C=O) groups is 2. The van der Waals surface area contributed by atoms with E-state index < -0.39 is 23.2 Å². The van der Waals surface area contributed by atoms with Gasteiger partial charge in [0.05, 0.1) is 19.7 Å². The number of rotatable bonds is 8. The molecule has 180 valence electrons. The second-order valence-electron chi connectivity index (χ2n) is 7.96. The first-order chi connectivity index (χ1) is 16.8. The van der Waals surface area contributed by atoms with Crippen molar-refractivity contribution < 1.29 is 18.7 Å². The molecule has 1 atom stereocenters. The van der Waals surface area contributed by atoms with E-state index in [0.717, 1.165) is 5.56 Å². The smallest absolute Gasteiger partial charge is 0.257 e. The summed E-state index contributed by atoms with van der Waals surface area (Å²) in [6.45, 7) is 0.338. The molecule has 4 rings (SSSR count). The van der Waals surface area contributed by atoms with Gasteiger partial charge in [0.15, 0.2) is 10.7 Å². The lowest BCUT2D eigenvalue weighted by Gasteiger charge is -2.36. The van der Waals surface area contributed by atoms with Crippen LogP contribution in [0, 0.1) is 5.82 Å². The van der Waals surface area contributed by atoms with Crippen molar-refractivity contribution in [2.45, 2.75) is 18.4 Å². The van der Waals surface area contributed by atoms with Crippen LogP contribution < -0.4 is 15.4 Å². The summed E-state index contributed by atoms with van der Waals surface area (Å²) in [5, 5.41) is 6.22. The molecule has 0 radical (unpaired) electrons. The number of benzene rings is 2. The standard InChI is InChI=1S/C25H22ClFN4O3S/c1-34-20-10-11-21(28-15-20)29-22(32)14-25(17-4-8-19(27)9-5-17)23(33)30-24(35)31(25)13-12-16-2-6-18(26)7-3-16/h2-11,15H,12-14H2,1H3,(H,28,29,32)(H,30,33,35). The van der Waals surface area contributed by atoms with Gasteiger partial charge in [-0.2, -0.15) is 0 Å². The van der Waals surface area contributed by atoms with E-state index in [1.165, 1.54) is 37.6 Å². The first-order valence-electron chi connectivity index (χ1n) is 10.8. The van der Waals surface area contributed by atoms with Crippen LogP contribution in [-0.4, -0.2) is 40.5 Å². The number of nitrogens with one attached hydrogen (secondary N) is 2. The van der Waals surface area contributed by atoms with Crippen LogP contribution in [0.1, 0.15) is 17.5 Å². The van der Waals surface area contributed by atoms with Crippen LogP contribution in [-0.2, 0) is 21.5 Å². The molecule has 2 amide bonds. The van der Waals surface area contributed by atoms with Gasteiger partial charge in [-0.25, -0.2) is 9.37 Å². The molecule has 2 aromatic carbocycles. The summed E-state index contributed by atoms with van der Waals surface area (Å²) in [5.74, 6) is -0.519. The van der Waals surface area contributed by atoms with E-state index in [1.807, 2.05) is 12.1 Å². The predicted octanol–water partition coefficient (Wildman–Crippen LogP) is 4.07. The van der Waals surface area contributed by atoms with Gasteiger partial charge in [-0.05, 0) is 66.2 Å². The lowest BCUT2D eigenvalue weighted by atomic mass is 9.84. The summed E-state index contributed by atoms with van der Waals surface area (Å²) in [4.78, 5) is 32.4. The molecule has 1 aliphatic heterocycles. The molecule has 0 saturated carbocycles. The van der Waals surface area contributed by atoms with Crippen molar-refractivity contribution in [3.63, 3.8) is 0 Å². The zero-order valence-corrected chi connectivity index (χ0v) is 20.3. The number of aromatic nitrogens is 1. The number of carbonyl (C=O) groups excluding carboxylic acids is 2. The second kappa shape index (κ2) is 10.4. The summed E-state index contributed by atoms with van der Waals surface area (Å²) < 4.78 is 18.8. The van der Waals surface area contributed by atoms with Crippen molar-refractivity contribution in [2.24, 2.45) is 0 Å². The Kier molecular flexibility index (Phi) is 7.28. The molecule has 10 heteroatoms. The van der Waals surface area contributed by atoms with Gasteiger partial charge < -0.3 is 20.3 Å². The third-order valence-corrected chi connectivity index (χ3v) is 6.39. The summed E-state index contributed by atoms with van der Waals surface area (Å²) >= 11 is 11.5. The molecule has 1 aromatic heterocycles. The summed E-state index contributed by atoms with van der Waals surface area (Å²) in [6.07, 6.45) is 1.75. The van der Waals surface area contributed by atoms with Gasteiger partial charge in [0.25, 0.3) is 5.91 Å². The van der Waals surface area contributed by atoms with Gasteiger partial charge in [-0.1, -0.05) is 35.9 Å². The lowest BCUT2D eigenvalue weighted by Crippen LogP contribution is -2.50. The Labute approximate surface area is 212 Å². The normalized spacial score (nSPS) is 17.3. The molecule has 0 aliphatic carbocycles. The summed E-state index contributed by atoms with van der Waals surface area (Å²) in [6, 6.07) is 16.1. The number of nitrogens with zero attached hydrogens (tertiary/aromatic N) is 2. The number of pyridine rings is 1. The lowest BCUT2D eigenvalue weighted by molar-refractivity contribution is -0.131. The van der Waals surface area contributed by atoms with Crippen LogP contribution in [0.4, 0.5) is 10.2 Å². The number of amides is 2. The molecule has 1 aliphatic rings. The first-order valence-corrected chi connectivity index (χ1v) is 11.5. The van der Waals surface area contributed by atoms with Crippen molar-refractivity contribution in [1.82, 2.24) is 15.2 Å². The Bertz CT molecular complexity index is 1240. The number of thiocarbonyl (C=S) groups is 1. The highest BCUT2D eigenvalue weighted by Crippen LogP contribution is 2.37. The minimum Gasteiger partial charge on any atom is -0.495 e. The van der Waals surface area contributed by atoms with E-state index >= 15 is 0 Å². The van der Waals surface area contributed by atoms with Crippen molar-refractivity contribution in [3.8, 4) is 5.75 Å². The van der Waals surface area contributed by atoms with Crippen LogP contribution >= 0.6 is 23.8 Å². The number of anilines is 1. The Morgan fingerprint density at radius 1 is 1.17 bits per heavy atom. The monoisotopic (exact) mass is 512 g/mol. The second-order valence-corrected chi connectivity index (χ2v) is 8.79. The van der Waals surface area contributed by atoms with E-state index in [-0.39, 0.29) is 11.5 Å². The number of hydrogen-bond acceptors (Lipinski definition) is 5. The Morgan fingerprint density at radius 3 is 2.51 bits per heavy atom. The molecular formula is C25H22ClFN4O3S. The third kappa shape index (κ3) is 5.26. The predicted molar refractivity (Wildman–Crippen MR) is 135 cm³/mol. The fourth-order valence-corrected chi connectivity index (χ4v) is 4.50. The fraction of sp³-hybridized carbons (Fsp3) is 0.200. The maximum absolute atomic E-state index is 13.7. The number of ether oxygens (including phenoxy) is 1. The SMILES string of the molecule is COc1ccc(NC(=O)CC2(c3ccc(F)cc3)C(=O)NC(=S)N2CCc2ccc(Cl)cc2)nc1. The van der Waals surface area contributed by atoms with E-state index in [1.54, 1.807) is 29.2 Å². The summed E-state index contributed by atoms with van der Waals surface area (Å²) in [7, 11) is 1.52. The maximum atomic E-state index is 13.7. The van der Waals surface area contributed by atoms with E-state index in [9.17, 15) is 14.0 Å². The average Bonchev–Trinajstić information content (AvgIpc) is 3.08. The van der Waals surface area contributed by atoms with Crippen LogP contribution in [0.2, 0.25) is 5.02 Å². The molecule has 0 spiro atoms. The highest BCUT2D eigenvalue weighted by Gasteiger charge is 2.53. The Balaban J connectivity index is 1.65. The Hall–Kier alpha value is -3.56. The minimum atomic E-state index is -1.46. The van der Waals surface area contributed by atoms with Crippen LogP contribution in [0.5, 0.6) is 5.75 Å². The molecule has 1 unspecified atom stereocenters. The van der Waals surface area contributed by atoms with Gasteiger partial charge in [-0.3, -0.25) is 9.59 Å². The van der Waals surface area contributed by atoms with Gasteiger partial charge in [0, 0.05) is 11.6 Å². The number of halogens is 2. The zero-order valence-electron chi connectivity index (χ0n) is 18.8. The zero-order chi connectivity index (χ0) is 25.0. The topological polar surface area (TPSA) is 83.6 Å². The molecular weight excluding hydrogens is 491 g/mol. The largest absolute Gasteiger partial charge is 0.495 e. The van der Waals surface area contributed by atoms with Crippen LogP contribution in [0.15, 0.2) is 66.9 Å². The van der Waals surface area contributed by atoms with Crippen molar-refractivity contribution in [2.75, 3.05) is 19.0 Å². The van der Waals surface area contributed by atoms with Crippen LogP contribution in [0.25, 0.3) is 0 Å². The molecule has 3 aromatic rings. The van der Waals surface area contributed by atoms with Crippen LogP contribution in [0.3, 0.4) is 0 Å². The first kappa shape index (κ1) is 24.6. The minimum absolute atomic E-state index is 0.198. The maximum Gasteiger partial charge on any atom is 0.257 e. The van der Waals surface area contributed by atoms with Gasteiger partial charge in [-0.15, -0.1) is 0 Å².